The number of esters is 1. The number of fused-ring (bicyclic) bond motifs is 1. The SMILES string of the molecule is O=C(OCCN1C(=O)c2ccccc2C1=O)c1ncc(Cl)c(Cl)c1Cl. The lowest BCUT2D eigenvalue weighted by molar-refractivity contribution is 0.0415. The number of hydrogen-bond donors (Lipinski definition) is 0. The van der Waals surface area contributed by atoms with Crippen LogP contribution in [0.15, 0.2) is 30.5 Å². The van der Waals surface area contributed by atoms with Crippen molar-refractivity contribution in [2.45, 2.75) is 0 Å². The number of halogens is 3. The van der Waals surface area contributed by atoms with Gasteiger partial charge in [0.05, 0.1) is 32.7 Å². The molecule has 6 nitrogen and oxygen atoms in total. The van der Waals surface area contributed by atoms with Gasteiger partial charge >= 0.3 is 5.97 Å². The molecule has 0 saturated heterocycles. The minimum absolute atomic E-state index is 0.00867. The molecule has 0 unspecified atom stereocenters. The first-order valence-electron chi connectivity index (χ1n) is 7.03. The minimum atomic E-state index is -0.833. The van der Waals surface area contributed by atoms with Crippen molar-refractivity contribution in [3.05, 3.63) is 62.4 Å². The Bertz CT molecular complexity index is 866. The van der Waals surface area contributed by atoms with Crippen LogP contribution < -0.4 is 0 Å². The molecule has 0 saturated carbocycles. The summed E-state index contributed by atoms with van der Waals surface area (Å²) in [5, 5.41) is -0.0280. The molecule has 128 valence electrons. The van der Waals surface area contributed by atoms with Crippen LogP contribution in [-0.2, 0) is 4.74 Å². The van der Waals surface area contributed by atoms with Gasteiger partial charge in [0.2, 0.25) is 0 Å². The number of imide groups is 1. The summed E-state index contributed by atoms with van der Waals surface area (Å²) in [7, 11) is 0. The molecule has 0 atom stereocenters. The van der Waals surface area contributed by atoms with E-state index in [0.717, 1.165) is 4.90 Å². The zero-order chi connectivity index (χ0) is 18.1. The molecule has 0 spiro atoms. The quantitative estimate of drug-likeness (QED) is 0.581. The Morgan fingerprint density at radius 1 is 1.04 bits per heavy atom. The third-order valence-electron chi connectivity index (χ3n) is 3.54. The fourth-order valence-corrected chi connectivity index (χ4v) is 2.88. The highest BCUT2D eigenvalue weighted by Gasteiger charge is 2.35. The van der Waals surface area contributed by atoms with Gasteiger partial charge in [-0.25, -0.2) is 9.78 Å². The third kappa shape index (κ3) is 3.20. The van der Waals surface area contributed by atoms with Crippen molar-refractivity contribution in [2.75, 3.05) is 13.2 Å². The summed E-state index contributed by atoms with van der Waals surface area (Å²) in [5.74, 6) is -1.69. The number of benzene rings is 1. The van der Waals surface area contributed by atoms with Gasteiger partial charge in [-0.2, -0.15) is 0 Å². The molecule has 0 bridgehead atoms. The van der Waals surface area contributed by atoms with Gasteiger partial charge in [0, 0.05) is 6.20 Å². The number of rotatable bonds is 4. The molecule has 0 N–H and O–H groups in total. The number of pyridine rings is 1. The number of amides is 2. The molecule has 0 fully saturated rings. The van der Waals surface area contributed by atoms with Crippen molar-refractivity contribution in [1.29, 1.82) is 0 Å². The first-order valence-corrected chi connectivity index (χ1v) is 8.17. The van der Waals surface area contributed by atoms with E-state index >= 15 is 0 Å². The Labute approximate surface area is 157 Å². The van der Waals surface area contributed by atoms with Gasteiger partial charge in [-0.15, -0.1) is 0 Å². The summed E-state index contributed by atoms with van der Waals surface area (Å²) in [6.45, 7) is -0.292. The Balaban J connectivity index is 1.64. The Morgan fingerprint density at radius 3 is 2.24 bits per heavy atom. The predicted molar refractivity (Wildman–Crippen MR) is 91.4 cm³/mol. The molecule has 25 heavy (non-hydrogen) atoms. The molecule has 9 heteroatoms. The number of aromatic nitrogens is 1. The Morgan fingerprint density at radius 2 is 1.64 bits per heavy atom. The molecule has 1 aromatic heterocycles. The molecule has 2 heterocycles. The molecule has 3 rings (SSSR count). The van der Waals surface area contributed by atoms with Crippen LogP contribution >= 0.6 is 34.8 Å². The number of hydrogen-bond acceptors (Lipinski definition) is 5. The van der Waals surface area contributed by atoms with Gasteiger partial charge in [0.25, 0.3) is 11.8 Å². The topological polar surface area (TPSA) is 76.6 Å². The number of ether oxygens (including phenoxy) is 1. The van der Waals surface area contributed by atoms with E-state index in [-0.39, 0.29) is 33.9 Å². The lowest BCUT2D eigenvalue weighted by Crippen LogP contribution is -2.33. The average molecular weight is 400 g/mol. The first-order chi connectivity index (χ1) is 11.9. The number of carbonyl (C=O) groups is 3. The molecule has 0 radical (unpaired) electrons. The van der Waals surface area contributed by atoms with E-state index in [0.29, 0.717) is 11.1 Å². The summed E-state index contributed by atoms with van der Waals surface area (Å²) < 4.78 is 5.03. The second-order valence-electron chi connectivity index (χ2n) is 5.03. The average Bonchev–Trinajstić information content (AvgIpc) is 2.85. The highest BCUT2D eigenvalue weighted by atomic mass is 35.5. The maximum atomic E-state index is 12.2. The van der Waals surface area contributed by atoms with Crippen LogP contribution in [0.2, 0.25) is 15.1 Å². The fourth-order valence-electron chi connectivity index (χ4n) is 2.33. The maximum Gasteiger partial charge on any atom is 0.358 e. The highest BCUT2D eigenvalue weighted by Crippen LogP contribution is 2.31. The van der Waals surface area contributed by atoms with E-state index in [2.05, 4.69) is 4.98 Å². The molecule has 1 aliphatic rings. The van der Waals surface area contributed by atoms with Crippen LogP contribution in [0.1, 0.15) is 31.2 Å². The van der Waals surface area contributed by atoms with Crippen LogP contribution in [0.4, 0.5) is 0 Å². The Kier molecular flexibility index (Phi) is 4.94. The first kappa shape index (κ1) is 17.7. The lowest BCUT2D eigenvalue weighted by Gasteiger charge is -2.14. The molecule has 0 aliphatic carbocycles. The minimum Gasteiger partial charge on any atom is -0.459 e. The van der Waals surface area contributed by atoms with E-state index in [1.807, 2.05) is 0 Å². The van der Waals surface area contributed by atoms with E-state index in [1.54, 1.807) is 24.3 Å². The standard InChI is InChI=1S/C16H9Cl3N2O4/c17-10-7-20-13(12(19)11(10)18)16(24)25-6-5-21-14(22)8-3-1-2-4-9(8)15(21)23/h1-4,7H,5-6H2. The van der Waals surface area contributed by atoms with E-state index in [4.69, 9.17) is 39.5 Å². The van der Waals surface area contributed by atoms with Crippen molar-refractivity contribution in [2.24, 2.45) is 0 Å². The summed E-state index contributed by atoms with van der Waals surface area (Å²) in [6, 6.07) is 6.49. The van der Waals surface area contributed by atoms with Gasteiger partial charge in [-0.1, -0.05) is 46.9 Å². The van der Waals surface area contributed by atoms with Crippen LogP contribution in [0.25, 0.3) is 0 Å². The molecule has 1 aliphatic heterocycles. The molecule has 2 aromatic rings. The van der Waals surface area contributed by atoms with Crippen molar-refractivity contribution < 1.29 is 19.1 Å². The van der Waals surface area contributed by atoms with Crippen LogP contribution in [-0.4, -0.2) is 40.8 Å². The predicted octanol–water partition coefficient (Wildman–Crippen LogP) is 3.49. The van der Waals surface area contributed by atoms with Gasteiger partial charge in [-0.05, 0) is 12.1 Å². The van der Waals surface area contributed by atoms with Crippen LogP contribution in [0.3, 0.4) is 0 Å². The van der Waals surface area contributed by atoms with Gasteiger partial charge in [0.1, 0.15) is 6.61 Å². The normalized spacial score (nSPS) is 13.2. The summed E-state index contributed by atoms with van der Waals surface area (Å²) in [4.78, 5) is 41.2. The second kappa shape index (κ2) is 7.00. The zero-order valence-electron chi connectivity index (χ0n) is 12.5. The maximum absolute atomic E-state index is 12.2. The zero-order valence-corrected chi connectivity index (χ0v) is 14.7. The van der Waals surface area contributed by atoms with Gasteiger partial charge in [-0.3, -0.25) is 14.5 Å². The van der Waals surface area contributed by atoms with Crippen molar-refractivity contribution in [3.8, 4) is 0 Å². The van der Waals surface area contributed by atoms with Crippen molar-refractivity contribution in [3.63, 3.8) is 0 Å². The fraction of sp³-hybridized carbons (Fsp3) is 0.125. The summed E-state index contributed by atoms with van der Waals surface area (Å²) in [5.41, 5.74) is 0.458. The summed E-state index contributed by atoms with van der Waals surface area (Å²) >= 11 is 17.5. The van der Waals surface area contributed by atoms with Crippen molar-refractivity contribution in [1.82, 2.24) is 9.88 Å². The molecular formula is C16H9Cl3N2O4. The van der Waals surface area contributed by atoms with Crippen LogP contribution in [0, 0.1) is 0 Å². The smallest absolute Gasteiger partial charge is 0.358 e. The molecule has 2 amide bonds. The lowest BCUT2D eigenvalue weighted by atomic mass is 10.1. The van der Waals surface area contributed by atoms with E-state index < -0.39 is 17.8 Å². The van der Waals surface area contributed by atoms with E-state index in [9.17, 15) is 14.4 Å². The highest BCUT2D eigenvalue weighted by molar-refractivity contribution is 6.48. The monoisotopic (exact) mass is 398 g/mol. The second-order valence-corrected chi connectivity index (χ2v) is 6.19. The van der Waals surface area contributed by atoms with E-state index in [1.165, 1.54) is 6.20 Å². The van der Waals surface area contributed by atoms with Crippen LogP contribution in [0.5, 0.6) is 0 Å². The number of carbonyl (C=O) groups excluding carboxylic acids is 3. The van der Waals surface area contributed by atoms with Crippen molar-refractivity contribution >= 4 is 52.6 Å². The molecular weight excluding hydrogens is 391 g/mol. The molecule has 1 aromatic carbocycles. The summed E-state index contributed by atoms with van der Waals surface area (Å²) in [6.07, 6.45) is 1.18. The number of nitrogens with zero attached hydrogens (tertiary/aromatic N) is 2. The van der Waals surface area contributed by atoms with Gasteiger partial charge in [0.15, 0.2) is 5.69 Å². The Hall–Kier alpha value is -2.15. The third-order valence-corrected chi connectivity index (χ3v) is 4.78. The van der Waals surface area contributed by atoms with Gasteiger partial charge < -0.3 is 4.74 Å². The largest absolute Gasteiger partial charge is 0.459 e.